The molecular formula is C21H14BrF2N3O2S. The lowest BCUT2D eigenvalue weighted by atomic mass is 10.2. The smallest absolute Gasteiger partial charge is 0.244 e. The number of carbonyl (C=O) groups excluding carboxylic acids is 2. The average molecular weight is 490 g/mol. The van der Waals surface area contributed by atoms with E-state index in [1.807, 2.05) is 12.1 Å². The van der Waals surface area contributed by atoms with Gasteiger partial charge >= 0.3 is 0 Å². The molecule has 2 aromatic carbocycles. The number of thiophene rings is 1. The molecule has 30 heavy (non-hydrogen) atoms. The van der Waals surface area contributed by atoms with Gasteiger partial charge in [-0.15, -0.1) is 11.3 Å². The lowest BCUT2D eigenvalue weighted by molar-refractivity contribution is -0.120. The van der Waals surface area contributed by atoms with Crippen LogP contribution in [0.2, 0.25) is 0 Å². The monoisotopic (exact) mass is 489 g/mol. The van der Waals surface area contributed by atoms with Crippen LogP contribution in [0.3, 0.4) is 0 Å². The van der Waals surface area contributed by atoms with Gasteiger partial charge in [-0.3, -0.25) is 9.59 Å². The summed E-state index contributed by atoms with van der Waals surface area (Å²) >= 11 is 4.87. The van der Waals surface area contributed by atoms with Gasteiger partial charge in [0.05, 0.1) is 37.9 Å². The molecule has 0 bridgehead atoms. The van der Waals surface area contributed by atoms with Crippen molar-refractivity contribution in [1.29, 1.82) is 0 Å². The molecular weight excluding hydrogens is 476 g/mol. The van der Waals surface area contributed by atoms with Gasteiger partial charge in [0.15, 0.2) is 0 Å². The van der Waals surface area contributed by atoms with E-state index in [0.29, 0.717) is 17.1 Å². The molecule has 2 amide bonds. The predicted octanol–water partition coefficient (Wildman–Crippen LogP) is 5.29. The van der Waals surface area contributed by atoms with E-state index in [0.717, 1.165) is 26.9 Å². The maximum Gasteiger partial charge on any atom is 0.244 e. The number of benzene rings is 2. The molecule has 3 aromatic rings. The molecule has 1 aliphatic heterocycles. The van der Waals surface area contributed by atoms with Crippen molar-refractivity contribution in [2.75, 3.05) is 16.8 Å². The van der Waals surface area contributed by atoms with Crippen molar-refractivity contribution in [2.24, 2.45) is 4.99 Å². The molecule has 0 saturated heterocycles. The second-order valence-corrected chi connectivity index (χ2v) is 8.94. The van der Waals surface area contributed by atoms with Crippen LogP contribution in [0, 0.1) is 11.6 Å². The topological polar surface area (TPSA) is 61.8 Å². The summed E-state index contributed by atoms with van der Waals surface area (Å²) < 4.78 is 28.1. The normalized spacial score (nSPS) is 13.5. The number of aliphatic imine (C=N–C) groups is 1. The first kappa shape index (κ1) is 20.4. The van der Waals surface area contributed by atoms with Crippen molar-refractivity contribution in [3.63, 3.8) is 0 Å². The molecule has 0 spiro atoms. The highest BCUT2D eigenvalue weighted by Crippen LogP contribution is 2.34. The molecule has 0 unspecified atom stereocenters. The third-order valence-corrected chi connectivity index (χ3v) is 6.08. The van der Waals surface area contributed by atoms with Gasteiger partial charge < -0.3 is 10.2 Å². The summed E-state index contributed by atoms with van der Waals surface area (Å²) in [6.07, 6.45) is 0.00321. The van der Waals surface area contributed by atoms with Crippen molar-refractivity contribution in [2.45, 2.75) is 6.42 Å². The highest BCUT2D eigenvalue weighted by Gasteiger charge is 2.27. The zero-order valence-corrected chi connectivity index (χ0v) is 17.8. The van der Waals surface area contributed by atoms with Crippen molar-refractivity contribution in [3.8, 4) is 0 Å². The van der Waals surface area contributed by atoms with Crippen LogP contribution in [0.15, 0.2) is 63.4 Å². The van der Waals surface area contributed by atoms with E-state index in [1.54, 1.807) is 24.3 Å². The van der Waals surface area contributed by atoms with Gasteiger partial charge in [-0.05, 0) is 52.3 Å². The van der Waals surface area contributed by atoms with Gasteiger partial charge in [0.25, 0.3) is 0 Å². The summed E-state index contributed by atoms with van der Waals surface area (Å²) in [4.78, 5) is 32.3. The Morgan fingerprint density at radius 1 is 1.17 bits per heavy atom. The molecule has 4 rings (SSSR count). The number of hydrogen-bond donors (Lipinski definition) is 1. The van der Waals surface area contributed by atoms with Gasteiger partial charge in [0.2, 0.25) is 11.8 Å². The Labute approximate surface area is 183 Å². The molecule has 1 aliphatic rings. The van der Waals surface area contributed by atoms with Crippen LogP contribution in [0.4, 0.5) is 25.8 Å². The number of amides is 2. The predicted molar refractivity (Wildman–Crippen MR) is 117 cm³/mol. The maximum atomic E-state index is 13.8. The minimum absolute atomic E-state index is 0.00321. The largest absolute Gasteiger partial charge is 0.322 e. The molecule has 2 heterocycles. The van der Waals surface area contributed by atoms with E-state index in [1.165, 1.54) is 16.2 Å². The standard InChI is InChI=1S/C21H14BrF2N3O2S/c22-19-8-7-18(30-19)16-10-21(29)27(17-4-2-1-3-14(17)25-16)11-20(28)26-15-9-12(23)5-6-13(15)24/h1-9H,10-11H2,(H,26,28). The number of hydrogen-bond acceptors (Lipinski definition) is 4. The van der Waals surface area contributed by atoms with E-state index < -0.39 is 17.5 Å². The van der Waals surface area contributed by atoms with Crippen LogP contribution < -0.4 is 10.2 Å². The zero-order chi connectivity index (χ0) is 21.3. The van der Waals surface area contributed by atoms with Crippen LogP contribution in [-0.4, -0.2) is 24.1 Å². The Hall–Kier alpha value is -2.91. The number of rotatable bonds is 4. The maximum absolute atomic E-state index is 13.8. The molecule has 0 atom stereocenters. The van der Waals surface area contributed by atoms with Crippen LogP contribution in [0.5, 0.6) is 0 Å². The molecule has 0 saturated carbocycles. The fourth-order valence-corrected chi connectivity index (χ4v) is 4.43. The van der Waals surface area contributed by atoms with E-state index in [2.05, 4.69) is 26.2 Å². The van der Waals surface area contributed by atoms with Gasteiger partial charge in [-0.2, -0.15) is 0 Å². The molecule has 0 fully saturated rings. The van der Waals surface area contributed by atoms with Crippen molar-refractivity contribution >= 4 is 61.9 Å². The van der Waals surface area contributed by atoms with Crippen LogP contribution in [-0.2, 0) is 9.59 Å². The fourth-order valence-electron chi connectivity index (χ4n) is 3.06. The Morgan fingerprint density at radius 2 is 1.97 bits per heavy atom. The summed E-state index contributed by atoms with van der Waals surface area (Å²) in [5.74, 6) is -2.41. The quantitative estimate of drug-likeness (QED) is 0.541. The SMILES string of the molecule is O=C(CN1C(=O)CC(c2ccc(Br)s2)=Nc2ccccc21)Nc1cc(F)ccc1F. The summed E-state index contributed by atoms with van der Waals surface area (Å²) in [6, 6.07) is 13.5. The Morgan fingerprint density at radius 3 is 2.73 bits per heavy atom. The molecule has 1 N–H and O–H groups in total. The summed E-state index contributed by atoms with van der Waals surface area (Å²) in [6.45, 7) is -0.358. The second kappa shape index (κ2) is 8.45. The van der Waals surface area contributed by atoms with Gasteiger partial charge in [-0.1, -0.05) is 12.1 Å². The van der Waals surface area contributed by atoms with E-state index in [9.17, 15) is 18.4 Å². The number of nitrogens with zero attached hydrogens (tertiary/aromatic N) is 2. The highest BCUT2D eigenvalue weighted by molar-refractivity contribution is 9.11. The summed E-state index contributed by atoms with van der Waals surface area (Å²) in [5.41, 5.74) is 1.34. The highest BCUT2D eigenvalue weighted by atomic mass is 79.9. The third-order valence-electron chi connectivity index (χ3n) is 4.41. The molecule has 152 valence electrons. The Balaban J connectivity index is 1.61. The van der Waals surface area contributed by atoms with E-state index >= 15 is 0 Å². The number of carbonyl (C=O) groups is 2. The van der Waals surface area contributed by atoms with Crippen LogP contribution in [0.1, 0.15) is 11.3 Å². The van der Waals surface area contributed by atoms with Gasteiger partial charge in [0, 0.05) is 6.07 Å². The van der Waals surface area contributed by atoms with E-state index in [-0.39, 0.29) is 24.6 Å². The van der Waals surface area contributed by atoms with Crippen LogP contribution in [0.25, 0.3) is 0 Å². The zero-order valence-electron chi connectivity index (χ0n) is 15.4. The summed E-state index contributed by atoms with van der Waals surface area (Å²) in [7, 11) is 0. The van der Waals surface area contributed by atoms with Crippen molar-refractivity contribution in [3.05, 3.63) is 74.9 Å². The number of nitrogens with one attached hydrogen (secondary N) is 1. The number of fused-ring (bicyclic) bond motifs is 1. The first-order valence-electron chi connectivity index (χ1n) is 8.88. The first-order chi connectivity index (χ1) is 14.4. The fraction of sp³-hybridized carbons (Fsp3) is 0.0952. The minimum Gasteiger partial charge on any atom is -0.322 e. The minimum atomic E-state index is -0.763. The van der Waals surface area contributed by atoms with Crippen molar-refractivity contribution in [1.82, 2.24) is 0 Å². The van der Waals surface area contributed by atoms with E-state index in [4.69, 9.17) is 0 Å². The molecule has 1 aromatic heterocycles. The Bertz CT molecular complexity index is 1180. The van der Waals surface area contributed by atoms with Crippen LogP contribution >= 0.6 is 27.3 Å². The molecule has 9 heteroatoms. The molecule has 5 nitrogen and oxygen atoms in total. The van der Waals surface area contributed by atoms with Crippen molar-refractivity contribution < 1.29 is 18.4 Å². The molecule has 0 aliphatic carbocycles. The first-order valence-corrected chi connectivity index (χ1v) is 10.5. The van der Waals surface area contributed by atoms with Gasteiger partial charge in [-0.25, -0.2) is 13.8 Å². The second-order valence-electron chi connectivity index (χ2n) is 6.48. The number of anilines is 2. The lowest BCUT2D eigenvalue weighted by Crippen LogP contribution is -2.38. The lowest BCUT2D eigenvalue weighted by Gasteiger charge is -2.22. The average Bonchev–Trinajstić information content (AvgIpc) is 3.09. The molecule has 0 radical (unpaired) electrons. The number of halogens is 3. The Kier molecular flexibility index (Phi) is 5.74. The van der Waals surface area contributed by atoms with Gasteiger partial charge in [0.1, 0.15) is 18.2 Å². The number of para-hydroxylation sites is 2. The third kappa shape index (κ3) is 4.31. The summed E-state index contributed by atoms with van der Waals surface area (Å²) in [5, 5.41) is 2.33.